The van der Waals surface area contributed by atoms with Gasteiger partial charge in [-0.1, -0.05) is 41.9 Å². The Balaban J connectivity index is 1.49. The number of nitrogens with one attached hydrogen (secondary N) is 1. The van der Waals surface area contributed by atoms with Crippen molar-refractivity contribution in [3.8, 4) is 0 Å². The first-order valence-corrected chi connectivity index (χ1v) is 8.36. The van der Waals surface area contributed by atoms with Crippen molar-refractivity contribution in [3.63, 3.8) is 0 Å². The molecule has 2 heterocycles. The first kappa shape index (κ1) is 16.9. The maximum Gasteiger partial charge on any atom is 0.251 e. The summed E-state index contributed by atoms with van der Waals surface area (Å²) >= 11 is 5.81. The molecule has 1 N–H and O–H groups in total. The number of halogens is 1. The van der Waals surface area contributed by atoms with Crippen LogP contribution in [0.25, 0.3) is 0 Å². The van der Waals surface area contributed by atoms with Crippen LogP contribution in [0.2, 0.25) is 5.15 Å². The van der Waals surface area contributed by atoms with Gasteiger partial charge in [-0.3, -0.25) is 9.69 Å². The highest BCUT2D eigenvalue weighted by Crippen LogP contribution is 2.11. The number of hydrogen-bond acceptors (Lipinski definition) is 4. The summed E-state index contributed by atoms with van der Waals surface area (Å²) in [6, 6.07) is 13.6. The standard InChI is InChI=1S/C18H20ClN3O2/c19-17-10-15(6-7-20-17)18(23)21-11-16-13-22(8-9-24-16)12-14-4-2-1-3-5-14/h1-7,10,16H,8-9,11-13H2,(H,21,23). The van der Waals surface area contributed by atoms with Crippen LogP contribution in [-0.2, 0) is 11.3 Å². The van der Waals surface area contributed by atoms with Gasteiger partial charge in [0.25, 0.3) is 5.91 Å². The molecule has 1 atom stereocenters. The van der Waals surface area contributed by atoms with Gasteiger partial charge in [0.15, 0.2) is 0 Å². The number of carbonyl (C=O) groups excluding carboxylic acids is 1. The fraction of sp³-hybridized carbons (Fsp3) is 0.333. The first-order valence-electron chi connectivity index (χ1n) is 7.98. The quantitative estimate of drug-likeness (QED) is 0.845. The van der Waals surface area contributed by atoms with E-state index in [0.29, 0.717) is 23.9 Å². The fourth-order valence-corrected chi connectivity index (χ4v) is 2.92. The molecule has 6 heteroatoms. The zero-order valence-corrected chi connectivity index (χ0v) is 14.1. The largest absolute Gasteiger partial charge is 0.374 e. The normalized spacial score (nSPS) is 18.3. The number of nitrogens with zero attached hydrogens (tertiary/aromatic N) is 2. The van der Waals surface area contributed by atoms with Crippen molar-refractivity contribution in [3.05, 3.63) is 64.9 Å². The Labute approximate surface area is 146 Å². The van der Waals surface area contributed by atoms with Crippen LogP contribution in [0.4, 0.5) is 0 Å². The van der Waals surface area contributed by atoms with E-state index in [9.17, 15) is 4.79 Å². The second kappa shape index (κ2) is 8.24. The maximum atomic E-state index is 12.1. The second-order valence-corrected chi connectivity index (χ2v) is 6.18. The summed E-state index contributed by atoms with van der Waals surface area (Å²) in [4.78, 5) is 18.4. The molecule has 0 bridgehead atoms. The van der Waals surface area contributed by atoms with Crippen LogP contribution in [0.3, 0.4) is 0 Å². The first-order chi connectivity index (χ1) is 11.7. The molecule has 24 heavy (non-hydrogen) atoms. The van der Waals surface area contributed by atoms with Crippen molar-refractivity contribution in [1.82, 2.24) is 15.2 Å². The molecular weight excluding hydrogens is 326 g/mol. The second-order valence-electron chi connectivity index (χ2n) is 5.79. The summed E-state index contributed by atoms with van der Waals surface area (Å²) in [5.41, 5.74) is 1.79. The molecule has 1 saturated heterocycles. The smallest absolute Gasteiger partial charge is 0.251 e. The Bertz CT molecular complexity index is 681. The molecule has 1 fully saturated rings. The van der Waals surface area contributed by atoms with Crippen LogP contribution in [-0.4, -0.2) is 48.1 Å². The Morgan fingerprint density at radius 1 is 1.33 bits per heavy atom. The number of hydrogen-bond donors (Lipinski definition) is 1. The topological polar surface area (TPSA) is 54.5 Å². The molecule has 1 aromatic heterocycles. The van der Waals surface area contributed by atoms with Crippen LogP contribution in [0.1, 0.15) is 15.9 Å². The number of carbonyl (C=O) groups is 1. The van der Waals surface area contributed by atoms with E-state index < -0.39 is 0 Å². The zero-order valence-electron chi connectivity index (χ0n) is 13.3. The molecule has 1 aliphatic rings. The molecule has 1 aromatic carbocycles. The average molecular weight is 346 g/mol. The average Bonchev–Trinajstić information content (AvgIpc) is 2.61. The number of morpholine rings is 1. The van der Waals surface area contributed by atoms with Gasteiger partial charge in [0, 0.05) is 37.9 Å². The van der Waals surface area contributed by atoms with Crippen molar-refractivity contribution < 1.29 is 9.53 Å². The summed E-state index contributed by atoms with van der Waals surface area (Å²) in [6.07, 6.45) is 1.51. The van der Waals surface area contributed by atoms with Gasteiger partial charge in [-0.2, -0.15) is 0 Å². The number of aromatic nitrogens is 1. The molecule has 126 valence electrons. The highest BCUT2D eigenvalue weighted by molar-refractivity contribution is 6.29. The molecule has 1 unspecified atom stereocenters. The van der Waals surface area contributed by atoms with Crippen molar-refractivity contribution in [2.24, 2.45) is 0 Å². The summed E-state index contributed by atoms with van der Waals surface area (Å²) in [5, 5.41) is 3.21. The molecule has 0 spiro atoms. The lowest BCUT2D eigenvalue weighted by atomic mass is 10.2. The lowest BCUT2D eigenvalue weighted by molar-refractivity contribution is -0.0292. The number of amides is 1. The monoisotopic (exact) mass is 345 g/mol. The molecule has 0 aliphatic carbocycles. The molecule has 2 aromatic rings. The third kappa shape index (κ3) is 4.77. The maximum absolute atomic E-state index is 12.1. The molecule has 5 nitrogen and oxygen atoms in total. The summed E-state index contributed by atoms with van der Waals surface area (Å²) in [6.45, 7) is 3.75. The molecular formula is C18H20ClN3O2. The molecule has 3 rings (SSSR count). The summed E-state index contributed by atoms with van der Waals surface area (Å²) in [7, 11) is 0. The van der Waals surface area contributed by atoms with Gasteiger partial charge in [0.05, 0.1) is 12.7 Å². The molecule has 0 radical (unpaired) electrons. The van der Waals surface area contributed by atoms with Crippen LogP contribution >= 0.6 is 11.6 Å². The van der Waals surface area contributed by atoms with Crippen LogP contribution < -0.4 is 5.32 Å². The Morgan fingerprint density at radius 3 is 2.96 bits per heavy atom. The number of pyridine rings is 1. The zero-order chi connectivity index (χ0) is 16.8. The van der Waals surface area contributed by atoms with E-state index in [1.54, 1.807) is 12.1 Å². The molecule has 1 amide bonds. The van der Waals surface area contributed by atoms with Crippen molar-refractivity contribution in [2.45, 2.75) is 12.6 Å². The van der Waals surface area contributed by atoms with Gasteiger partial charge < -0.3 is 10.1 Å². The predicted octanol–water partition coefficient (Wildman–Crippen LogP) is 2.37. The number of benzene rings is 1. The highest BCUT2D eigenvalue weighted by atomic mass is 35.5. The van der Waals surface area contributed by atoms with Gasteiger partial charge in [0.1, 0.15) is 5.15 Å². The van der Waals surface area contributed by atoms with Crippen LogP contribution in [0, 0.1) is 0 Å². The fourth-order valence-electron chi connectivity index (χ4n) is 2.74. The SMILES string of the molecule is O=C(NCC1CN(Cc2ccccc2)CCO1)c1ccnc(Cl)c1. The predicted molar refractivity (Wildman–Crippen MR) is 93.0 cm³/mol. The Morgan fingerprint density at radius 2 is 2.17 bits per heavy atom. The minimum atomic E-state index is -0.164. The van der Waals surface area contributed by atoms with Crippen LogP contribution in [0.5, 0.6) is 0 Å². The summed E-state index contributed by atoms with van der Waals surface area (Å²) in [5.74, 6) is -0.164. The minimum Gasteiger partial charge on any atom is -0.374 e. The van der Waals surface area contributed by atoms with Crippen molar-refractivity contribution in [2.75, 3.05) is 26.2 Å². The van der Waals surface area contributed by atoms with E-state index in [0.717, 1.165) is 19.6 Å². The highest BCUT2D eigenvalue weighted by Gasteiger charge is 2.21. The number of ether oxygens (including phenoxy) is 1. The van der Waals surface area contributed by atoms with Gasteiger partial charge >= 0.3 is 0 Å². The van der Waals surface area contributed by atoms with Gasteiger partial charge in [-0.05, 0) is 17.7 Å². The Kier molecular flexibility index (Phi) is 5.80. The minimum absolute atomic E-state index is 0.0104. The number of rotatable bonds is 5. The summed E-state index contributed by atoms with van der Waals surface area (Å²) < 4.78 is 5.76. The van der Waals surface area contributed by atoms with Gasteiger partial charge in [-0.25, -0.2) is 4.98 Å². The lowest BCUT2D eigenvalue weighted by Gasteiger charge is -2.33. The molecule has 0 saturated carbocycles. The van der Waals surface area contributed by atoms with E-state index in [1.165, 1.54) is 11.8 Å². The van der Waals surface area contributed by atoms with Gasteiger partial charge in [0.2, 0.25) is 0 Å². The third-order valence-corrected chi connectivity index (χ3v) is 4.16. The van der Waals surface area contributed by atoms with E-state index >= 15 is 0 Å². The van der Waals surface area contributed by atoms with Crippen molar-refractivity contribution >= 4 is 17.5 Å². The van der Waals surface area contributed by atoms with E-state index in [1.807, 2.05) is 18.2 Å². The third-order valence-electron chi connectivity index (χ3n) is 3.95. The van der Waals surface area contributed by atoms with Crippen molar-refractivity contribution in [1.29, 1.82) is 0 Å². The molecule has 1 aliphatic heterocycles. The van der Waals surface area contributed by atoms with E-state index in [4.69, 9.17) is 16.3 Å². The van der Waals surface area contributed by atoms with Crippen LogP contribution in [0.15, 0.2) is 48.7 Å². The van der Waals surface area contributed by atoms with E-state index in [-0.39, 0.29) is 12.0 Å². The Hall–Kier alpha value is -1.95. The lowest BCUT2D eigenvalue weighted by Crippen LogP contribution is -2.47. The van der Waals surface area contributed by atoms with Gasteiger partial charge in [-0.15, -0.1) is 0 Å². The van der Waals surface area contributed by atoms with E-state index in [2.05, 4.69) is 27.3 Å².